The van der Waals surface area contributed by atoms with Crippen LogP contribution in [0.25, 0.3) is 0 Å². The minimum atomic E-state index is -0.417. The van der Waals surface area contributed by atoms with Crippen LogP contribution in [-0.2, 0) is 0 Å². The number of nitro benzene ring substituents is 1. The Bertz CT molecular complexity index is 823. The van der Waals surface area contributed by atoms with Gasteiger partial charge >= 0.3 is 0 Å². The molecule has 0 N–H and O–H groups in total. The summed E-state index contributed by atoms with van der Waals surface area (Å²) in [6, 6.07) is 10.6. The first kappa shape index (κ1) is 17.6. The van der Waals surface area contributed by atoms with Gasteiger partial charge in [-0.1, -0.05) is 6.07 Å². The van der Waals surface area contributed by atoms with Crippen molar-refractivity contribution in [2.75, 3.05) is 31.1 Å². The maximum Gasteiger partial charge on any atom is 0.271 e. The second kappa shape index (κ2) is 7.34. The highest BCUT2D eigenvalue weighted by Crippen LogP contribution is 2.23. The molecule has 1 fully saturated rings. The first-order valence-corrected chi connectivity index (χ1v) is 8.77. The Labute approximate surface area is 157 Å². The van der Waals surface area contributed by atoms with E-state index in [1.54, 1.807) is 17.0 Å². The van der Waals surface area contributed by atoms with Crippen LogP contribution in [0.4, 0.5) is 15.8 Å². The van der Waals surface area contributed by atoms with Gasteiger partial charge in [0.25, 0.3) is 11.6 Å². The van der Waals surface area contributed by atoms with Crippen molar-refractivity contribution in [1.29, 1.82) is 0 Å². The minimum absolute atomic E-state index is 0.0527. The van der Waals surface area contributed by atoms with Gasteiger partial charge in [0, 0.05) is 47.6 Å². The Balaban J connectivity index is 1.68. The molecule has 3 rings (SSSR count). The molecule has 0 spiro atoms. The fourth-order valence-corrected chi connectivity index (χ4v) is 3.51. The number of halogens is 2. The van der Waals surface area contributed by atoms with Crippen molar-refractivity contribution in [1.82, 2.24) is 4.90 Å². The number of nitro groups is 1. The summed E-state index contributed by atoms with van der Waals surface area (Å²) in [5.74, 6) is -0.487. The van der Waals surface area contributed by atoms with E-state index in [9.17, 15) is 19.3 Å². The molecule has 25 heavy (non-hydrogen) atoms. The van der Waals surface area contributed by atoms with Crippen molar-refractivity contribution in [3.05, 3.63) is 67.5 Å². The molecule has 1 aliphatic heterocycles. The lowest BCUT2D eigenvalue weighted by atomic mass is 10.1. The number of hydrogen-bond donors (Lipinski definition) is 0. The van der Waals surface area contributed by atoms with Crippen molar-refractivity contribution in [2.45, 2.75) is 0 Å². The molecule has 8 heteroatoms. The number of anilines is 1. The van der Waals surface area contributed by atoms with Crippen molar-refractivity contribution >= 4 is 39.9 Å². The Morgan fingerprint density at radius 1 is 1.12 bits per heavy atom. The largest absolute Gasteiger partial charge is 0.368 e. The summed E-state index contributed by atoms with van der Waals surface area (Å²) >= 11 is 1.96. The molecular weight excluding hydrogens is 440 g/mol. The third kappa shape index (κ3) is 3.89. The number of rotatable bonds is 3. The minimum Gasteiger partial charge on any atom is -0.368 e. The molecule has 0 unspecified atom stereocenters. The molecule has 1 heterocycles. The smallest absolute Gasteiger partial charge is 0.271 e. The fraction of sp³-hybridized carbons (Fsp3) is 0.235. The van der Waals surface area contributed by atoms with Crippen LogP contribution in [-0.4, -0.2) is 41.9 Å². The van der Waals surface area contributed by atoms with Crippen LogP contribution < -0.4 is 4.90 Å². The van der Waals surface area contributed by atoms with E-state index in [-0.39, 0.29) is 17.4 Å². The van der Waals surface area contributed by atoms with E-state index in [0.29, 0.717) is 35.3 Å². The number of nitrogens with zero attached hydrogens (tertiary/aromatic N) is 3. The zero-order chi connectivity index (χ0) is 18.0. The normalized spacial score (nSPS) is 14.5. The topological polar surface area (TPSA) is 66.7 Å². The third-order valence-electron chi connectivity index (χ3n) is 4.13. The molecular formula is C17H15FIN3O3. The Morgan fingerprint density at radius 3 is 2.48 bits per heavy atom. The van der Waals surface area contributed by atoms with Gasteiger partial charge in [-0.15, -0.1) is 0 Å². The predicted octanol–water partition coefficient (Wildman–Crippen LogP) is 3.30. The van der Waals surface area contributed by atoms with Crippen LogP contribution in [0.2, 0.25) is 0 Å². The van der Waals surface area contributed by atoms with Gasteiger partial charge in [-0.05, 0) is 46.9 Å². The average Bonchev–Trinajstić information content (AvgIpc) is 2.61. The third-order valence-corrected chi connectivity index (χ3v) is 5.03. The van der Waals surface area contributed by atoms with E-state index in [1.807, 2.05) is 33.6 Å². The Hall–Kier alpha value is -2.23. The quantitative estimate of drug-likeness (QED) is 0.405. The van der Waals surface area contributed by atoms with Crippen LogP contribution in [0.3, 0.4) is 0 Å². The number of non-ortho nitro benzene ring substituents is 1. The molecule has 0 bridgehead atoms. The van der Waals surface area contributed by atoms with Gasteiger partial charge in [0.1, 0.15) is 5.82 Å². The number of carbonyl (C=O) groups is 1. The highest BCUT2D eigenvalue weighted by Gasteiger charge is 2.24. The molecule has 0 saturated carbocycles. The molecule has 1 amide bonds. The number of amides is 1. The Morgan fingerprint density at radius 2 is 1.84 bits per heavy atom. The molecule has 0 atom stereocenters. The van der Waals surface area contributed by atoms with E-state index in [4.69, 9.17) is 0 Å². The second-order valence-corrected chi connectivity index (χ2v) is 6.84. The zero-order valence-corrected chi connectivity index (χ0v) is 15.3. The summed E-state index contributed by atoms with van der Waals surface area (Å²) in [6.45, 7) is 2.19. The van der Waals surface area contributed by atoms with Crippen molar-refractivity contribution in [3.63, 3.8) is 0 Å². The van der Waals surface area contributed by atoms with Crippen molar-refractivity contribution < 1.29 is 14.1 Å². The number of piperazine rings is 1. The van der Waals surface area contributed by atoms with Gasteiger partial charge in [0.05, 0.1) is 10.5 Å². The van der Waals surface area contributed by atoms with E-state index in [0.717, 1.165) is 5.69 Å². The van der Waals surface area contributed by atoms with Gasteiger partial charge in [-0.3, -0.25) is 14.9 Å². The molecule has 130 valence electrons. The molecule has 0 radical (unpaired) electrons. The lowest BCUT2D eigenvalue weighted by molar-refractivity contribution is -0.384. The van der Waals surface area contributed by atoms with Crippen LogP contribution in [0.5, 0.6) is 0 Å². The highest BCUT2D eigenvalue weighted by atomic mass is 127. The lowest BCUT2D eigenvalue weighted by Gasteiger charge is -2.36. The average molecular weight is 455 g/mol. The van der Waals surface area contributed by atoms with Crippen molar-refractivity contribution in [2.24, 2.45) is 0 Å². The van der Waals surface area contributed by atoms with Gasteiger partial charge < -0.3 is 9.80 Å². The number of benzene rings is 2. The predicted molar refractivity (Wildman–Crippen MR) is 100 cm³/mol. The van der Waals surface area contributed by atoms with Crippen LogP contribution >= 0.6 is 22.6 Å². The van der Waals surface area contributed by atoms with Gasteiger partial charge in [-0.25, -0.2) is 4.39 Å². The second-order valence-electron chi connectivity index (χ2n) is 5.68. The molecule has 0 aliphatic carbocycles. The lowest BCUT2D eigenvalue weighted by Crippen LogP contribution is -2.49. The molecule has 1 aliphatic rings. The fourth-order valence-electron chi connectivity index (χ4n) is 2.80. The molecule has 0 aromatic heterocycles. The summed E-state index contributed by atoms with van der Waals surface area (Å²) in [5.41, 5.74) is 1.32. The van der Waals surface area contributed by atoms with E-state index < -0.39 is 4.92 Å². The molecule has 6 nitrogen and oxygen atoms in total. The summed E-state index contributed by atoms with van der Waals surface area (Å²) in [6.07, 6.45) is 0. The highest BCUT2D eigenvalue weighted by molar-refractivity contribution is 14.1. The standard InChI is InChI=1S/C17H15FIN3O3/c18-12-4-5-15(16(19)10-12)17(23)21-8-6-20(7-9-21)13-2-1-3-14(11-13)22(24)25/h1-5,10-11H,6-9H2. The van der Waals surface area contributed by atoms with Crippen molar-refractivity contribution in [3.8, 4) is 0 Å². The van der Waals surface area contributed by atoms with Gasteiger partial charge in [0.15, 0.2) is 0 Å². The van der Waals surface area contributed by atoms with Crippen LogP contribution in [0.15, 0.2) is 42.5 Å². The first-order valence-electron chi connectivity index (χ1n) is 7.69. The van der Waals surface area contributed by atoms with Gasteiger partial charge in [-0.2, -0.15) is 0 Å². The molecule has 2 aromatic rings. The summed E-state index contributed by atoms with van der Waals surface area (Å²) in [5, 5.41) is 10.9. The number of hydrogen-bond acceptors (Lipinski definition) is 4. The monoisotopic (exact) mass is 455 g/mol. The summed E-state index contributed by atoms with van der Waals surface area (Å²) in [7, 11) is 0. The molecule has 2 aromatic carbocycles. The number of carbonyl (C=O) groups excluding carboxylic acids is 1. The zero-order valence-electron chi connectivity index (χ0n) is 13.2. The first-order chi connectivity index (χ1) is 12.0. The van der Waals surface area contributed by atoms with Gasteiger partial charge in [0.2, 0.25) is 0 Å². The maximum absolute atomic E-state index is 13.2. The summed E-state index contributed by atoms with van der Waals surface area (Å²) < 4.78 is 13.8. The van der Waals surface area contributed by atoms with E-state index in [1.165, 1.54) is 24.3 Å². The van der Waals surface area contributed by atoms with E-state index >= 15 is 0 Å². The molecule has 1 saturated heterocycles. The summed E-state index contributed by atoms with van der Waals surface area (Å²) in [4.78, 5) is 26.8. The van der Waals surface area contributed by atoms with Crippen LogP contribution in [0, 0.1) is 19.5 Å². The maximum atomic E-state index is 13.2. The Kier molecular flexibility index (Phi) is 5.16. The van der Waals surface area contributed by atoms with Crippen LogP contribution in [0.1, 0.15) is 10.4 Å². The van der Waals surface area contributed by atoms with E-state index in [2.05, 4.69) is 0 Å². The SMILES string of the molecule is O=C(c1ccc(F)cc1I)N1CCN(c2cccc([N+](=O)[O-])c2)CC1.